The van der Waals surface area contributed by atoms with Gasteiger partial charge in [0.25, 0.3) is 0 Å². The van der Waals surface area contributed by atoms with Crippen molar-refractivity contribution in [2.75, 3.05) is 23.7 Å². The van der Waals surface area contributed by atoms with E-state index >= 15 is 0 Å². The number of hydrogen-bond acceptors (Lipinski definition) is 4. The van der Waals surface area contributed by atoms with E-state index in [-0.39, 0.29) is 5.95 Å². The zero-order valence-corrected chi connectivity index (χ0v) is 9.25. The number of halogens is 1. The van der Waals surface area contributed by atoms with Crippen molar-refractivity contribution in [1.29, 1.82) is 0 Å². The van der Waals surface area contributed by atoms with Crippen molar-refractivity contribution in [3.63, 3.8) is 0 Å². The SMILES string of the molecule is CCCN(CC)c1nc(N)ncc1Cl. The Morgan fingerprint density at radius 2 is 2.21 bits per heavy atom. The molecule has 4 nitrogen and oxygen atoms in total. The van der Waals surface area contributed by atoms with Crippen LogP contribution in [0.15, 0.2) is 6.20 Å². The first kappa shape index (κ1) is 11.0. The molecule has 0 bridgehead atoms. The van der Waals surface area contributed by atoms with Gasteiger partial charge in [0.05, 0.1) is 6.20 Å². The molecule has 1 rings (SSSR count). The maximum atomic E-state index is 5.98. The number of aromatic nitrogens is 2. The third-order valence-corrected chi connectivity index (χ3v) is 2.19. The molecule has 1 aromatic rings. The Bertz CT molecular complexity index is 303. The fraction of sp³-hybridized carbons (Fsp3) is 0.556. The smallest absolute Gasteiger partial charge is 0.222 e. The van der Waals surface area contributed by atoms with Crippen LogP contribution in [0.1, 0.15) is 20.3 Å². The highest BCUT2D eigenvalue weighted by atomic mass is 35.5. The molecular weight excluding hydrogens is 200 g/mol. The van der Waals surface area contributed by atoms with Crippen molar-refractivity contribution in [2.45, 2.75) is 20.3 Å². The van der Waals surface area contributed by atoms with Crippen LogP contribution < -0.4 is 10.6 Å². The summed E-state index contributed by atoms with van der Waals surface area (Å²) in [7, 11) is 0. The van der Waals surface area contributed by atoms with E-state index in [4.69, 9.17) is 17.3 Å². The second-order valence-corrected chi connectivity index (χ2v) is 3.39. The average molecular weight is 215 g/mol. The molecule has 0 atom stereocenters. The molecule has 0 aliphatic carbocycles. The van der Waals surface area contributed by atoms with Gasteiger partial charge in [-0.3, -0.25) is 0 Å². The number of nitrogens with zero attached hydrogens (tertiary/aromatic N) is 3. The second kappa shape index (κ2) is 5.00. The van der Waals surface area contributed by atoms with E-state index in [0.717, 1.165) is 25.3 Å². The van der Waals surface area contributed by atoms with E-state index < -0.39 is 0 Å². The fourth-order valence-electron chi connectivity index (χ4n) is 1.28. The van der Waals surface area contributed by atoms with Crippen molar-refractivity contribution in [3.05, 3.63) is 11.2 Å². The van der Waals surface area contributed by atoms with Gasteiger partial charge in [-0.1, -0.05) is 18.5 Å². The molecule has 0 fully saturated rings. The highest BCUT2D eigenvalue weighted by Gasteiger charge is 2.10. The van der Waals surface area contributed by atoms with Gasteiger partial charge in [-0.25, -0.2) is 4.98 Å². The number of anilines is 2. The third kappa shape index (κ3) is 2.48. The standard InChI is InChI=1S/C9H15ClN4/c1-3-5-14(4-2)8-7(10)6-12-9(11)13-8/h6H,3-5H2,1-2H3,(H2,11,12,13). The van der Waals surface area contributed by atoms with Crippen LogP contribution in [0.2, 0.25) is 5.02 Å². The largest absolute Gasteiger partial charge is 0.368 e. The Morgan fingerprint density at radius 3 is 2.79 bits per heavy atom. The van der Waals surface area contributed by atoms with Crippen LogP contribution >= 0.6 is 11.6 Å². The van der Waals surface area contributed by atoms with E-state index in [2.05, 4.69) is 28.7 Å². The molecular formula is C9H15ClN4. The van der Waals surface area contributed by atoms with Crippen molar-refractivity contribution < 1.29 is 0 Å². The van der Waals surface area contributed by atoms with E-state index in [9.17, 15) is 0 Å². The Kier molecular flexibility index (Phi) is 3.95. The summed E-state index contributed by atoms with van der Waals surface area (Å²) in [4.78, 5) is 10.0. The normalized spacial score (nSPS) is 10.2. The van der Waals surface area contributed by atoms with Crippen molar-refractivity contribution in [2.24, 2.45) is 0 Å². The van der Waals surface area contributed by atoms with E-state index in [1.165, 1.54) is 6.20 Å². The maximum absolute atomic E-state index is 5.98. The predicted molar refractivity (Wildman–Crippen MR) is 59.6 cm³/mol. The summed E-state index contributed by atoms with van der Waals surface area (Å²) >= 11 is 5.98. The van der Waals surface area contributed by atoms with Gasteiger partial charge < -0.3 is 10.6 Å². The summed E-state index contributed by atoms with van der Waals surface area (Å²) in [6, 6.07) is 0. The van der Waals surface area contributed by atoms with Crippen molar-refractivity contribution >= 4 is 23.4 Å². The summed E-state index contributed by atoms with van der Waals surface area (Å²) in [5, 5.41) is 0.550. The second-order valence-electron chi connectivity index (χ2n) is 2.98. The molecule has 1 heterocycles. The lowest BCUT2D eigenvalue weighted by Crippen LogP contribution is -2.25. The zero-order valence-electron chi connectivity index (χ0n) is 8.50. The lowest BCUT2D eigenvalue weighted by Gasteiger charge is -2.21. The highest BCUT2D eigenvalue weighted by molar-refractivity contribution is 6.32. The minimum atomic E-state index is 0.263. The van der Waals surface area contributed by atoms with Gasteiger partial charge in [-0.2, -0.15) is 4.98 Å². The molecule has 1 aromatic heterocycles. The van der Waals surface area contributed by atoms with E-state index in [0.29, 0.717) is 5.02 Å². The molecule has 0 unspecified atom stereocenters. The van der Waals surface area contributed by atoms with Gasteiger partial charge in [0, 0.05) is 13.1 Å². The number of hydrogen-bond donors (Lipinski definition) is 1. The van der Waals surface area contributed by atoms with Crippen LogP contribution in [0.3, 0.4) is 0 Å². The molecule has 0 aliphatic rings. The van der Waals surface area contributed by atoms with Crippen LogP contribution in [0.25, 0.3) is 0 Å². The molecule has 2 N–H and O–H groups in total. The Balaban J connectivity index is 2.96. The van der Waals surface area contributed by atoms with Gasteiger partial charge in [0.15, 0.2) is 5.82 Å². The fourth-order valence-corrected chi connectivity index (χ4v) is 1.49. The lowest BCUT2D eigenvalue weighted by molar-refractivity contribution is 0.777. The Hall–Kier alpha value is -1.03. The molecule has 0 radical (unpaired) electrons. The highest BCUT2D eigenvalue weighted by Crippen LogP contribution is 2.22. The van der Waals surface area contributed by atoms with Crippen LogP contribution in [0, 0.1) is 0 Å². The lowest BCUT2D eigenvalue weighted by atomic mass is 10.4. The monoisotopic (exact) mass is 214 g/mol. The van der Waals surface area contributed by atoms with Crippen LogP contribution in [-0.2, 0) is 0 Å². The van der Waals surface area contributed by atoms with Gasteiger partial charge in [0.2, 0.25) is 5.95 Å². The molecule has 0 aromatic carbocycles. The van der Waals surface area contributed by atoms with Crippen LogP contribution in [0.5, 0.6) is 0 Å². The first-order valence-electron chi connectivity index (χ1n) is 4.72. The van der Waals surface area contributed by atoms with Gasteiger partial charge >= 0.3 is 0 Å². The maximum Gasteiger partial charge on any atom is 0.222 e. The number of nitrogens with two attached hydrogens (primary N) is 1. The van der Waals surface area contributed by atoms with E-state index in [1.54, 1.807) is 0 Å². The third-order valence-electron chi connectivity index (χ3n) is 1.92. The summed E-state index contributed by atoms with van der Waals surface area (Å²) in [5.74, 6) is 0.988. The molecule has 14 heavy (non-hydrogen) atoms. The zero-order chi connectivity index (χ0) is 10.6. The minimum Gasteiger partial charge on any atom is -0.368 e. The first-order chi connectivity index (χ1) is 6.69. The first-order valence-corrected chi connectivity index (χ1v) is 5.09. The number of rotatable bonds is 4. The topological polar surface area (TPSA) is 55.0 Å². The van der Waals surface area contributed by atoms with Crippen LogP contribution in [-0.4, -0.2) is 23.1 Å². The molecule has 0 saturated carbocycles. The Morgan fingerprint density at radius 1 is 1.50 bits per heavy atom. The Labute approximate surface area is 89.1 Å². The molecule has 0 saturated heterocycles. The molecule has 0 amide bonds. The predicted octanol–water partition coefficient (Wildman–Crippen LogP) is 1.95. The average Bonchev–Trinajstić information content (AvgIpc) is 2.18. The summed E-state index contributed by atoms with van der Waals surface area (Å²) in [6.45, 7) is 5.96. The summed E-state index contributed by atoms with van der Waals surface area (Å²) in [5.41, 5.74) is 5.51. The molecule has 5 heteroatoms. The molecule has 0 spiro atoms. The van der Waals surface area contributed by atoms with Gasteiger partial charge in [-0.15, -0.1) is 0 Å². The summed E-state index contributed by atoms with van der Waals surface area (Å²) < 4.78 is 0. The number of nitrogen functional groups attached to an aromatic ring is 1. The van der Waals surface area contributed by atoms with Gasteiger partial charge in [-0.05, 0) is 13.3 Å². The van der Waals surface area contributed by atoms with Crippen molar-refractivity contribution in [1.82, 2.24) is 9.97 Å². The molecule has 0 aliphatic heterocycles. The summed E-state index contributed by atoms with van der Waals surface area (Å²) in [6.07, 6.45) is 2.59. The molecule has 78 valence electrons. The van der Waals surface area contributed by atoms with Gasteiger partial charge in [0.1, 0.15) is 5.02 Å². The van der Waals surface area contributed by atoms with Crippen LogP contribution in [0.4, 0.5) is 11.8 Å². The quantitative estimate of drug-likeness (QED) is 0.833. The minimum absolute atomic E-state index is 0.263. The van der Waals surface area contributed by atoms with E-state index in [1.807, 2.05) is 0 Å². The van der Waals surface area contributed by atoms with Crippen molar-refractivity contribution in [3.8, 4) is 0 Å².